The SMILES string of the molecule is Cc1cc2c(=O)[nH]cnn2c1. The summed E-state index contributed by atoms with van der Waals surface area (Å²) in [5.41, 5.74) is 1.52. The van der Waals surface area contributed by atoms with Crippen molar-refractivity contribution in [2.45, 2.75) is 6.92 Å². The molecule has 2 rings (SSSR count). The second-order valence-electron chi connectivity index (χ2n) is 2.47. The van der Waals surface area contributed by atoms with Crippen molar-refractivity contribution in [2.24, 2.45) is 0 Å². The van der Waals surface area contributed by atoms with Gasteiger partial charge in [-0.15, -0.1) is 0 Å². The van der Waals surface area contributed by atoms with E-state index in [9.17, 15) is 4.79 Å². The lowest BCUT2D eigenvalue weighted by molar-refractivity contribution is 0.887. The Balaban J connectivity index is 3.02. The van der Waals surface area contributed by atoms with Crippen LogP contribution in [-0.2, 0) is 0 Å². The number of nitrogens with one attached hydrogen (secondary N) is 1. The predicted molar refractivity (Wildman–Crippen MR) is 40.5 cm³/mol. The van der Waals surface area contributed by atoms with Crippen LogP contribution in [0, 0.1) is 6.92 Å². The Bertz CT molecular complexity index is 440. The van der Waals surface area contributed by atoms with Crippen LogP contribution >= 0.6 is 0 Å². The van der Waals surface area contributed by atoms with Crippen molar-refractivity contribution in [3.8, 4) is 0 Å². The van der Waals surface area contributed by atoms with Crippen LogP contribution in [0.25, 0.3) is 5.52 Å². The summed E-state index contributed by atoms with van der Waals surface area (Å²) >= 11 is 0. The van der Waals surface area contributed by atoms with E-state index < -0.39 is 0 Å². The smallest absolute Gasteiger partial charge is 0.275 e. The Kier molecular flexibility index (Phi) is 1.09. The van der Waals surface area contributed by atoms with Gasteiger partial charge in [0.05, 0.1) is 0 Å². The molecule has 0 aliphatic heterocycles. The number of hydrogen-bond donors (Lipinski definition) is 1. The van der Waals surface area contributed by atoms with Crippen LogP contribution in [0.15, 0.2) is 23.4 Å². The highest BCUT2D eigenvalue weighted by atomic mass is 16.1. The number of fused-ring (bicyclic) bond motifs is 1. The monoisotopic (exact) mass is 149 g/mol. The topological polar surface area (TPSA) is 50.2 Å². The highest BCUT2D eigenvalue weighted by Gasteiger charge is 1.98. The number of aromatic amines is 1. The van der Waals surface area contributed by atoms with Crippen molar-refractivity contribution in [3.63, 3.8) is 0 Å². The Hall–Kier alpha value is -1.58. The van der Waals surface area contributed by atoms with Crippen molar-refractivity contribution >= 4 is 5.52 Å². The maximum atomic E-state index is 11.1. The number of aryl methyl sites for hydroxylation is 1. The fraction of sp³-hybridized carbons (Fsp3) is 0.143. The van der Waals surface area contributed by atoms with Crippen molar-refractivity contribution in [1.29, 1.82) is 0 Å². The Morgan fingerprint density at radius 2 is 2.45 bits per heavy atom. The van der Waals surface area contributed by atoms with Crippen LogP contribution in [0.5, 0.6) is 0 Å². The zero-order valence-corrected chi connectivity index (χ0v) is 6.03. The molecule has 0 fully saturated rings. The second-order valence-corrected chi connectivity index (χ2v) is 2.47. The molecule has 0 aliphatic carbocycles. The summed E-state index contributed by atoms with van der Waals surface area (Å²) in [6.07, 6.45) is 3.19. The molecule has 2 heterocycles. The standard InChI is InChI=1S/C7H7N3O/c1-5-2-6-7(11)8-4-9-10(6)3-5/h2-4H,1H3,(H,8,9,11). The first-order chi connectivity index (χ1) is 5.27. The minimum Gasteiger partial charge on any atom is -0.310 e. The Morgan fingerprint density at radius 3 is 3.18 bits per heavy atom. The Morgan fingerprint density at radius 1 is 1.64 bits per heavy atom. The number of rotatable bonds is 0. The average Bonchev–Trinajstić information content (AvgIpc) is 2.31. The molecule has 0 aliphatic rings. The van der Waals surface area contributed by atoms with E-state index in [1.165, 1.54) is 6.33 Å². The summed E-state index contributed by atoms with van der Waals surface area (Å²) in [4.78, 5) is 13.6. The first-order valence-electron chi connectivity index (χ1n) is 3.30. The van der Waals surface area contributed by atoms with Gasteiger partial charge in [-0.3, -0.25) is 4.79 Å². The van der Waals surface area contributed by atoms with E-state index in [1.807, 2.05) is 13.1 Å². The van der Waals surface area contributed by atoms with E-state index in [0.29, 0.717) is 5.52 Å². The molecule has 0 atom stereocenters. The van der Waals surface area contributed by atoms with Crippen LogP contribution < -0.4 is 5.56 Å². The molecule has 11 heavy (non-hydrogen) atoms. The molecule has 0 saturated heterocycles. The molecule has 2 aromatic rings. The molecule has 0 bridgehead atoms. The molecule has 56 valence electrons. The van der Waals surface area contributed by atoms with Gasteiger partial charge >= 0.3 is 0 Å². The molecule has 2 aromatic heterocycles. The predicted octanol–water partition coefficient (Wildman–Crippen LogP) is 0.331. The minimum absolute atomic E-state index is 0.104. The number of hydrogen-bond acceptors (Lipinski definition) is 2. The summed E-state index contributed by atoms with van der Waals surface area (Å²) in [7, 11) is 0. The third-order valence-corrected chi connectivity index (χ3v) is 1.55. The van der Waals surface area contributed by atoms with E-state index in [4.69, 9.17) is 0 Å². The van der Waals surface area contributed by atoms with E-state index >= 15 is 0 Å². The van der Waals surface area contributed by atoms with Crippen LogP contribution in [0.3, 0.4) is 0 Å². The molecule has 4 heteroatoms. The van der Waals surface area contributed by atoms with Gasteiger partial charge < -0.3 is 4.98 Å². The first kappa shape index (κ1) is 6.15. The fourth-order valence-electron chi connectivity index (χ4n) is 1.07. The van der Waals surface area contributed by atoms with Crippen molar-refractivity contribution in [3.05, 3.63) is 34.5 Å². The molecule has 0 radical (unpaired) electrons. The third kappa shape index (κ3) is 0.832. The number of aromatic nitrogens is 3. The highest BCUT2D eigenvalue weighted by Crippen LogP contribution is 2.00. The summed E-state index contributed by atoms with van der Waals surface area (Å²) in [6.45, 7) is 1.92. The molecule has 0 aromatic carbocycles. The lowest BCUT2D eigenvalue weighted by atomic mass is 10.4. The minimum atomic E-state index is -0.104. The van der Waals surface area contributed by atoms with Gasteiger partial charge in [-0.2, -0.15) is 5.10 Å². The lowest BCUT2D eigenvalue weighted by Crippen LogP contribution is -2.09. The molecular formula is C7H7N3O. The van der Waals surface area contributed by atoms with Gasteiger partial charge in [0.1, 0.15) is 11.8 Å². The molecule has 0 amide bonds. The number of nitrogens with zero attached hydrogens (tertiary/aromatic N) is 2. The number of H-pyrrole nitrogens is 1. The van der Waals surface area contributed by atoms with Crippen molar-refractivity contribution in [1.82, 2.24) is 14.6 Å². The molecule has 4 nitrogen and oxygen atoms in total. The maximum Gasteiger partial charge on any atom is 0.275 e. The maximum absolute atomic E-state index is 11.1. The summed E-state index contributed by atoms with van der Waals surface area (Å²) in [5, 5.41) is 3.92. The van der Waals surface area contributed by atoms with Crippen LogP contribution in [0.1, 0.15) is 5.56 Å². The first-order valence-corrected chi connectivity index (χ1v) is 3.30. The van der Waals surface area contributed by atoms with Crippen molar-refractivity contribution < 1.29 is 0 Å². The normalized spacial score (nSPS) is 10.6. The zero-order valence-electron chi connectivity index (χ0n) is 6.03. The molecule has 0 unspecified atom stereocenters. The van der Waals surface area contributed by atoms with E-state index in [0.717, 1.165) is 5.56 Å². The summed E-state index contributed by atoms with van der Waals surface area (Å²) in [5.74, 6) is 0. The van der Waals surface area contributed by atoms with Crippen LogP contribution in [0.2, 0.25) is 0 Å². The van der Waals surface area contributed by atoms with Gasteiger partial charge in [0.25, 0.3) is 5.56 Å². The van der Waals surface area contributed by atoms with Gasteiger partial charge in [0.15, 0.2) is 0 Å². The second kappa shape index (κ2) is 1.95. The van der Waals surface area contributed by atoms with Gasteiger partial charge in [0, 0.05) is 6.20 Å². The molecular weight excluding hydrogens is 142 g/mol. The van der Waals surface area contributed by atoms with Crippen molar-refractivity contribution in [2.75, 3.05) is 0 Å². The zero-order chi connectivity index (χ0) is 7.84. The summed E-state index contributed by atoms with van der Waals surface area (Å²) < 4.78 is 1.56. The molecule has 0 spiro atoms. The van der Waals surface area contributed by atoms with E-state index in [1.54, 1.807) is 10.6 Å². The van der Waals surface area contributed by atoms with Crippen LogP contribution in [0.4, 0.5) is 0 Å². The average molecular weight is 149 g/mol. The summed E-state index contributed by atoms with van der Waals surface area (Å²) in [6, 6.07) is 1.80. The van der Waals surface area contributed by atoms with Gasteiger partial charge in [-0.05, 0) is 18.6 Å². The largest absolute Gasteiger partial charge is 0.310 e. The van der Waals surface area contributed by atoms with Crippen LogP contribution in [-0.4, -0.2) is 14.6 Å². The van der Waals surface area contributed by atoms with E-state index in [2.05, 4.69) is 10.1 Å². The third-order valence-electron chi connectivity index (χ3n) is 1.55. The Labute approximate surface area is 62.5 Å². The highest BCUT2D eigenvalue weighted by molar-refractivity contribution is 5.46. The molecule has 1 N–H and O–H groups in total. The van der Waals surface area contributed by atoms with Gasteiger partial charge in [-0.1, -0.05) is 0 Å². The lowest BCUT2D eigenvalue weighted by Gasteiger charge is -1.87. The molecule has 0 saturated carbocycles. The van der Waals surface area contributed by atoms with Gasteiger partial charge in [-0.25, -0.2) is 4.52 Å². The van der Waals surface area contributed by atoms with Gasteiger partial charge in [0.2, 0.25) is 0 Å². The van der Waals surface area contributed by atoms with E-state index in [-0.39, 0.29) is 5.56 Å². The fourth-order valence-corrected chi connectivity index (χ4v) is 1.07. The quantitative estimate of drug-likeness (QED) is 0.586.